The first-order valence-corrected chi connectivity index (χ1v) is 12.0. The number of carbonyl (C=O) groups is 2. The Morgan fingerprint density at radius 3 is 2.19 bits per heavy atom. The quantitative estimate of drug-likeness (QED) is 0.345. The number of rotatable bonds is 8. The summed E-state index contributed by atoms with van der Waals surface area (Å²) in [5, 5.41) is 12.2. The number of carbonyl (C=O) groups excluding carboxylic acids is 1. The summed E-state index contributed by atoms with van der Waals surface area (Å²) in [5.74, 6) is -0.586. The lowest BCUT2D eigenvalue weighted by atomic mass is 9.98. The van der Waals surface area contributed by atoms with Gasteiger partial charge in [-0.2, -0.15) is 0 Å². The molecule has 0 aliphatic heterocycles. The molecule has 3 aromatic carbocycles. The van der Waals surface area contributed by atoms with Crippen molar-refractivity contribution in [1.82, 2.24) is 10.3 Å². The number of hydrogen-bond donors (Lipinski definition) is 2. The molecular formula is C30H26N2O5. The molecule has 7 heteroatoms. The van der Waals surface area contributed by atoms with Crippen molar-refractivity contribution < 1.29 is 24.2 Å². The normalized spacial score (nSPS) is 12.8. The van der Waals surface area contributed by atoms with Gasteiger partial charge >= 0.3 is 12.1 Å². The number of methoxy groups -OCH3 is 1. The van der Waals surface area contributed by atoms with Crippen LogP contribution in [0.5, 0.6) is 5.75 Å². The largest absolute Gasteiger partial charge is 0.494 e. The lowest BCUT2D eigenvalue weighted by molar-refractivity contribution is -0.139. The molecular weight excluding hydrogens is 468 g/mol. The van der Waals surface area contributed by atoms with Crippen LogP contribution in [0.25, 0.3) is 22.4 Å². The summed E-state index contributed by atoms with van der Waals surface area (Å²) < 4.78 is 10.9. The van der Waals surface area contributed by atoms with Crippen LogP contribution in [0.3, 0.4) is 0 Å². The number of hydrogen-bond acceptors (Lipinski definition) is 5. The van der Waals surface area contributed by atoms with Crippen LogP contribution in [0.2, 0.25) is 0 Å². The predicted octanol–water partition coefficient (Wildman–Crippen LogP) is 5.29. The third-order valence-corrected chi connectivity index (χ3v) is 6.59. The Morgan fingerprint density at radius 2 is 1.57 bits per heavy atom. The maximum atomic E-state index is 12.6. The third-order valence-electron chi connectivity index (χ3n) is 6.59. The number of nitrogens with zero attached hydrogens (tertiary/aromatic N) is 1. The van der Waals surface area contributed by atoms with Gasteiger partial charge in [0.15, 0.2) is 0 Å². The second-order valence-corrected chi connectivity index (χ2v) is 8.82. The molecule has 1 aromatic heterocycles. The fraction of sp³-hybridized carbons (Fsp3) is 0.167. The highest BCUT2D eigenvalue weighted by Gasteiger charge is 2.29. The van der Waals surface area contributed by atoms with Gasteiger partial charge in [0, 0.05) is 24.1 Å². The van der Waals surface area contributed by atoms with Gasteiger partial charge < -0.3 is 19.9 Å². The molecule has 1 aliphatic rings. The van der Waals surface area contributed by atoms with Gasteiger partial charge in [-0.3, -0.25) is 4.98 Å². The van der Waals surface area contributed by atoms with E-state index in [-0.39, 0.29) is 18.9 Å². The fourth-order valence-corrected chi connectivity index (χ4v) is 4.79. The van der Waals surface area contributed by atoms with Crippen molar-refractivity contribution in [3.63, 3.8) is 0 Å². The molecule has 0 radical (unpaired) electrons. The van der Waals surface area contributed by atoms with Crippen LogP contribution in [-0.4, -0.2) is 41.9 Å². The van der Waals surface area contributed by atoms with Crippen LogP contribution < -0.4 is 10.1 Å². The van der Waals surface area contributed by atoms with Crippen molar-refractivity contribution in [2.75, 3.05) is 13.7 Å². The zero-order chi connectivity index (χ0) is 25.8. The Hall–Kier alpha value is -4.65. The van der Waals surface area contributed by atoms with Gasteiger partial charge in [-0.25, -0.2) is 9.59 Å². The lowest BCUT2D eigenvalue weighted by Crippen LogP contribution is -2.42. The summed E-state index contributed by atoms with van der Waals surface area (Å²) in [5.41, 5.74) is 6.74. The number of fused-ring (bicyclic) bond motifs is 3. The standard InChI is InChI=1S/C30H26N2O5/c1-36-27-11-6-16-31-28(27)20-14-12-19(13-15-20)17-26(29(33)34)32-30(35)37-18-25-23-9-4-2-7-21(23)22-8-3-5-10-24(22)25/h2-16,25-26H,17-18H2,1H3,(H,32,35)(H,33,34)/t26-/m0/s1. The molecule has 0 unspecified atom stereocenters. The minimum Gasteiger partial charge on any atom is -0.494 e. The fourth-order valence-electron chi connectivity index (χ4n) is 4.79. The van der Waals surface area contributed by atoms with E-state index in [2.05, 4.69) is 22.4 Å². The second-order valence-electron chi connectivity index (χ2n) is 8.82. The van der Waals surface area contributed by atoms with Crippen molar-refractivity contribution in [1.29, 1.82) is 0 Å². The van der Waals surface area contributed by atoms with E-state index in [1.54, 1.807) is 19.4 Å². The van der Waals surface area contributed by atoms with E-state index >= 15 is 0 Å². The average molecular weight is 495 g/mol. The van der Waals surface area contributed by atoms with Crippen LogP contribution in [0.4, 0.5) is 4.79 Å². The Bertz CT molecular complexity index is 1390. The maximum Gasteiger partial charge on any atom is 0.407 e. The number of aromatic nitrogens is 1. The zero-order valence-corrected chi connectivity index (χ0v) is 20.3. The number of amides is 1. The Morgan fingerprint density at radius 1 is 0.919 bits per heavy atom. The summed E-state index contributed by atoms with van der Waals surface area (Å²) in [6, 6.07) is 25.9. The number of carboxylic acid groups (broad SMARTS) is 1. The van der Waals surface area contributed by atoms with Crippen LogP contribution in [0.15, 0.2) is 91.1 Å². The van der Waals surface area contributed by atoms with Gasteiger partial charge in [0.05, 0.1) is 7.11 Å². The average Bonchev–Trinajstić information content (AvgIpc) is 3.25. The molecule has 0 saturated carbocycles. The maximum absolute atomic E-state index is 12.6. The number of aliphatic carboxylic acids is 1. The number of pyridine rings is 1. The van der Waals surface area contributed by atoms with Gasteiger partial charge in [0.2, 0.25) is 0 Å². The van der Waals surface area contributed by atoms with Gasteiger partial charge in [-0.05, 0) is 39.9 Å². The van der Waals surface area contributed by atoms with Gasteiger partial charge in [0.1, 0.15) is 24.1 Å². The summed E-state index contributed by atoms with van der Waals surface area (Å²) in [6.45, 7) is 0.118. The molecule has 7 nitrogen and oxygen atoms in total. The SMILES string of the molecule is COc1cccnc1-c1ccc(C[C@H](NC(=O)OCC2c3ccccc3-c3ccccc32)C(=O)O)cc1. The molecule has 0 fully saturated rings. The zero-order valence-electron chi connectivity index (χ0n) is 20.3. The number of benzene rings is 3. The van der Waals surface area contributed by atoms with Crippen molar-refractivity contribution in [3.8, 4) is 28.1 Å². The van der Waals surface area contributed by atoms with E-state index in [0.717, 1.165) is 33.4 Å². The van der Waals surface area contributed by atoms with Gasteiger partial charge in [-0.1, -0.05) is 72.8 Å². The number of carboxylic acids is 1. The highest BCUT2D eigenvalue weighted by atomic mass is 16.5. The Labute approximate surface area is 214 Å². The van der Waals surface area contributed by atoms with Crippen LogP contribution >= 0.6 is 0 Å². The van der Waals surface area contributed by atoms with E-state index in [4.69, 9.17) is 9.47 Å². The minimum atomic E-state index is -1.14. The van der Waals surface area contributed by atoms with Gasteiger partial charge in [0.25, 0.3) is 0 Å². The first-order valence-electron chi connectivity index (χ1n) is 12.0. The van der Waals surface area contributed by atoms with Crippen molar-refractivity contribution in [2.45, 2.75) is 18.4 Å². The predicted molar refractivity (Wildman–Crippen MR) is 140 cm³/mol. The number of alkyl carbamates (subject to hydrolysis) is 1. The highest BCUT2D eigenvalue weighted by Crippen LogP contribution is 2.44. The van der Waals surface area contributed by atoms with Crippen molar-refractivity contribution in [2.24, 2.45) is 0 Å². The molecule has 4 aromatic rings. The molecule has 1 atom stereocenters. The third kappa shape index (κ3) is 5.02. The van der Waals surface area contributed by atoms with Crippen molar-refractivity contribution in [3.05, 3.63) is 108 Å². The second kappa shape index (κ2) is 10.5. The first-order chi connectivity index (χ1) is 18.0. The highest BCUT2D eigenvalue weighted by molar-refractivity contribution is 5.81. The smallest absolute Gasteiger partial charge is 0.407 e. The monoisotopic (exact) mass is 494 g/mol. The Balaban J connectivity index is 1.23. The molecule has 1 heterocycles. The van der Waals surface area contributed by atoms with E-state index in [0.29, 0.717) is 11.4 Å². The molecule has 1 aliphatic carbocycles. The molecule has 0 spiro atoms. The molecule has 1 amide bonds. The van der Waals surface area contributed by atoms with E-state index in [9.17, 15) is 14.7 Å². The molecule has 37 heavy (non-hydrogen) atoms. The topological polar surface area (TPSA) is 97.8 Å². The van der Waals surface area contributed by atoms with Gasteiger partial charge in [-0.15, -0.1) is 0 Å². The minimum absolute atomic E-state index is 0.0995. The van der Waals surface area contributed by atoms with E-state index < -0.39 is 18.1 Å². The molecule has 5 rings (SSSR count). The summed E-state index contributed by atoms with van der Waals surface area (Å²) in [6.07, 6.45) is 1.04. The lowest BCUT2D eigenvalue weighted by Gasteiger charge is -2.18. The number of ether oxygens (including phenoxy) is 2. The first kappa shape index (κ1) is 24.1. The van der Waals surface area contributed by atoms with Crippen molar-refractivity contribution >= 4 is 12.1 Å². The van der Waals surface area contributed by atoms with E-state index in [1.807, 2.05) is 66.7 Å². The summed E-state index contributed by atoms with van der Waals surface area (Å²) in [4.78, 5) is 28.9. The van der Waals surface area contributed by atoms with E-state index in [1.165, 1.54) is 0 Å². The molecule has 186 valence electrons. The Kier molecular flexibility index (Phi) is 6.85. The summed E-state index contributed by atoms with van der Waals surface area (Å²) >= 11 is 0. The molecule has 0 saturated heterocycles. The number of nitrogens with one attached hydrogen (secondary N) is 1. The molecule has 0 bridgehead atoms. The van der Waals surface area contributed by atoms with Crippen LogP contribution in [0.1, 0.15) is 22.6 Å². The van der Waals surface area contributed by atoms with Crippen LogP contribution in [0, 0.1) is 0 Å². The van der Waals surface area contributed by atoms with Crippen LogP contribution in [-0.2, 0) is 16.0 Å². The summed E-state index contributed by atoms with van der Waals surface area (Å²) in [7, 11) is 1.58. The molecule has 2 N–H and O–H groups in total.